The van der Waals surface area contributed by atoms with E-state index in [4.69, 9.17) is 5.26 Å². The maximum atomic E-state index is 12.8. The molecule has 2 rings (SSSR count). The largest absolute Gasteiger partial charge is 0.374 e. The SMILES string of the molecule is CN(CCC(=O)c1ccc(F)cc1)c1ccc(C#N)cc1. The lowest BCUT2D eigenvalue weighted by Gasteiger charge is -2.18. The molecular formula is C17H15FN2O. The molecule has 0 saturated carbocycles. The van der Waals surface area contributed by atoms with Crippen molar-refractivity contribution in [2.45, 2.75) is 6.42 Å². The number of carbonyl (C=O) groups is 1. The third-order valence-corrected chi connectivity index (χ3v) is 3.28. The molecule has 2 aromatic rings. The summed E-state index contributed by atoms with van der Waals surface area (Å²) in [6.07, 6.45) is 0.349. The van der Waals surface area contributed by atoms with E-state index in [1.165, 1.54) is 24.3 Å². The molecule has 0 unspecified atom stereocenters. The summed E-state index contributed by atoms with van der Waals surface area (Å²) < 4.78 is 12.8. The predicted molar refractivity (Wildman–Crippen MR) is 79.8 cm³/mol. The van der Waals surface area contributed by atoms with E-state index in [-0.39, 0.29) is 11.6 Å². The molecule has 0 aliphatic heterocycles. The average Bonchev–Trinajstić information content (AvgIpc) is 2.53. The van der Waals surface area contributed by atoms with Gasteiger partial charge in [0.1, 0.15) is 5.82 Å². The van der Waals surface area contributed by atoms with Crippen molar-refractivity contribution in [1.82, 2.24) is 0 Å². The van der Waals surface area contributed by atoms with Gasteiger partial charge in [-0.15, -0.1) is 0 Å². The summed E-state index contributed by atoms with van der Waals surface area (Å²) in [5, 5.41) is 8.75. The Morgan fingerprint density at radius 2 is 1.76 bits per heavy atom. The molecule has 2 aromatic carbocycles. The van der Waals surface area contributed by atoms with Crippen LogP contribution in [0.5, 0.6) is 0 Å². The second-order valence-corrected chi connectivity index (χ2v) is 4.76. The number of carbonyl (C=O) groups excluding carboxylic acids is 1. The van der Waals surface area contributed by atoms with Gasteiger partial charge < -0.3 is 4.90 Å². The molecule has 4 heteroatoms. The molecule has 0 aromatic heterocycles. The van der Waals surface area contributed by atoms with Crippen LogP contribution in [0.25, 0.3) is 0 Å². The molecule has 106 valence electrons. The first-order valence-corrected chi connectivity index (χ1v) is 6.60. The second-order valence-electron chi connectivity index (χ2n) is 4.76. The first-order valence-electron chi connectivity index (χ1n) is 6.60. The fraction of sp³-hybridized carbons (Fsp3) is 0.176. The maximum absolute atomic E-state index is 12.8. The molecule has 0 aliphatic carbocycles. The molecule has 0 amide bonds. The summed E-state index contributed by atoms with van der Waals surface area (Å²) >= 11 is 0. The topological polar surface area (TPSA) is 44.1 Å². The van der Waals surface area contributed by atoms with Crippen LogP contribution in [0, 0.1) is 17.1 Å². The van der Waals surface area contributed by atoms with Gasteiger partial charge in [0.2, 0.25) is 0 Å². The molecule has 3 nitrogen and oxygen atoms in total. The molecule has 0 spiro atoms. The van der Waals surface area contributed by atoms with Gasteiger partial charge in [0, 0.05) is 31.3 Å². The van der Waals surface area contributed by atoms with Gasteiger partial charge in [-0.05, 0) is 48.5 Å². The number of hydrogen-bond acceptors (Lipinski definition) is 3. The van der Waals surface area contributed by atoms with Gasteiger partial charge in [0.15, 0.2) is 5.78 Å². The zero-order chi connectivity index (χ0) is 15.2. The summed E-state index contributed by atoms with van der Waals surface area (Å²) in [5.41, 5.74) is 2.07. The molecular weight excluding hydrogens is 267 g/mol. The van der Waals surface area contributed by atoms with Crippen LogP contribution in [0.1, 0.15) is 22.3 Å². The Morgan fingerprint density at radius 1 is 1.14 bits per heavy atom. The number of nitriles is 1. The number of rotatable bonds is 5. The van der Waals surface area contributed by atoms with E-state index >= 15 is 0 Å². The highest BCUT2D eigenvalue weighted by Crippen LogP contribution is 2.14. The van der Waals surface area contributed by atoms with Crippen LogP contribution in [0.3, 0.4) is 0 Å². The van der Waals surface area contributed by atoms with Crippen molar-refractivity contribution in [2.24, 2.45) is 0 Å². The molecule has 0 radical (unpaired) electrons. The number of hydrogen-bond donors (Lipinski definition) is 0. The first-order chi connectivity index (χ1) is 10.1. The van der Waals surface area contributed by atoms with E-state index < -0.39 is 0 Å². The van der Waals surface area contributed by atoms with Gasteiger partial charge in [-0.2, -0.15) is 5.26 Å². The minimum atomic E-state index is -0.346. The van der Waals surface area contributed by atoms with Crippen LogP contribution < -0.4 is 4.90 Å². The Labute approximate surface area is 123 Å². The van der Waals surface area contributed by atoms with E-state index in [9.17, 15) is 9.18 Å². The van der Waals surface area contributed by atoms with Gasteiger partial charge in [-0.25, -0.2) is 4.39 Å². The number of halogens is 1. The van der Waals surface area contributed by atoms with Crippen LogP contribution in [0.15, 0.2) is 48.5 Å². The van der Waals surface area contributed by atoms with Gasteiger partial charge in [0.25, 0.3) is 0 Å². The van der Waals surface area contributed by atoms with E-state index in [0.717, 1.165) is 5.69 Å². The highest BCUT2D eigenvalue weighted by atomic mass is 19.1. The highest BCUT2D eigenvalue weighted by molar-refractivity contribution is 5.96. The van der Waals surface area contributed by atoms with Crippen molar-refractivity contribution >= 4 is 11.5 Å². The fourth-order valence-electron chi connectivity index (χ4n) is 1.97. The van der Waals surface area contributed by atoms with Gasteiger partial charge in [0.05, 0.1) is 11.6 Å². The molecule has 0 N–H and O–H groups in total. The molecule has 0 aliphatic rings. The van der Waals surface area contributed by atoms with E-state index in [2.05, 4.69) is 6.07 Å². The molecule has 0 fully saturated rings. The van der Waals surface area contributed by atoms with E-state index in [1.54, 1.807) is 12.1 Å². The zero-order valence-electron chi connectivity index (χ0n) is 11.7. The average molecular weight is 282 g/mol. The summed E-state index contributed by atoms with van der Waals surface area (Å²) in [4.78, 5) is 13.9. The van der Waals surface area contributed by atoms with Crippen LogP contribution in [0.2, 0.25) is 0 Å². The third-order valence-electron chi connectivity index (χ3n) is 3.28. The lowest BCUT2D eigenvalue weighted by molar-refractivity contribution is 0.0985. The number of Topliss-reactive ketones (excluding diaryl/α,β-unsaturated/α-hetero) is 1. The number of anilines is 1. The van der Waals surface area contributed by atoms with Crippen LogP contribution in [0.4, 0.5) is 10.1 Å². The van der Waals surface area contributed by atoms with Crippen molar-refractivity contribution < 1.29 is 9.18 Å². The number of ketones is 1. The lowest BCUT2D eigenvalue weighted by Crippen LogP contribution is -2.21. The Morgan fingerprint density at radius 3 is 2.33 bits per heavy atom. The zero-order valence-corrected chi connectivity index (χ0v) is 11.7. The van der Waals surface area contributed by atoms with Gasteiger partial charge in [-0.3, -0.25) is 4.79 Å². The summed E-state index contributed by atoms with van der Waals surface area (Å²) in [6, 6.07) is 14.8. The van der Waals surface area contributed by atoms with Crippen LogP contribution in [-0.4, -0.2) is 19.4 Å². The van der Waals surface area contributed by atoms with E-state index in [1.807, 2.05) is 24.1 Å². The normalized spacial score (nSPS) is 9.95. The third kappa shape index (κ3) is 3.90. The molecule has 21 heavy (non-hydrogen) atoms. The second kappa shape index (κ2) is 6.67. The van der Waals surface area contributed by atoms with Crippen molar-refractivity contribution in [3.05, 3.63) is 65.5 Å². The monoisotopic (exact) mass is 282 g/mol. The number of benzene rings is 2. The molecule has 0 atom stereocenters. The predicted octanol–water partition coefficient (Wildman–Crippen LogP) is 3.41. The Kier molecular flexibility index (Phi) is 4.68. The quantitative estimate of drug-likeness (QED) is 0.789. The van der Waals surface area contributed by atoms with E-state index in [0.29, 0.717) is 24.1 Å². The molecule has 0 bridgehead atoms. The van der Waals surface area contributed by atoms with Gasteiger partial charge in [-0.1, -0.05) is 0 Å². The maximum Gasteiger partial charge on any atom is 0.164 e. The summed E-state index contributed by atoms with van der Waals surface area (Å²) in [7, 11) is 1.89. The van der Waals surface area contributed by atoms with Crippen LogP contribution in [-0.2, 0) is 0 Å². The standard InChI is InChI=1S/C17H15FN2O/c1-20(16-8-2-13(12-19)3-9-16)11-10-17(21)14-4-6-15(18)7-5-14/h2-9H,10-11H2,1H3. The lowest BCUT2D eigenvalue weighted by atomic mass is 10.1. The first kappa shape index (κ1) is 14.7. The fourth-order valence-corrected chi connectivity index (χ4v) is 1.97. The Bertz CT molecular complexity index is 657. The smallest absolute Gasteiger partial charge is 0.164 e. The van der Waals surface area contributed by atoms with Crippen molar-refractivity contribution in [3.63, 3.8) is 0 Å². The van der Waals surface area contributed by atoms with Crippen molar-refractivity contribution in [3.8, 4) is 6.07 Å². The highest BCUT2D eigenvalue weighted by Gasteiger charge is 2.08. The number of nitrogens with zero attached hydrogens (tertiary/aromatic N) is 2. The molecule has 0 heterocycles. The Balaban J connectivity index is 1.94. The van der Waals surface area contributed by atoms with Crippen molar-refractivity contribution in [1.29, 1.82) is 5.26 Å². The minimum absolute atomic E-state index is 0.0181. The summed E-state index contributed by atoms with van der Waals surface area (Å²) in [6.45, 7) is 0.558. The molecule has 0 saturated heterocycles. The van der Waals surface area contributed by atoms with Gasteiger partial charge >= 0.3 is 0 Å². The Hall–Kier alpha value is -2.67. The van der Waals surface area contributed by atoms with Crippen LogP contribution >= 0.6 is 0 Å². The minimum Gasteiger partial charge on any atom is -0.374 e. The summed E-state index contributed by atoms with van der Waals surface area (Å²) in [5.74, 6) is -0.364. The van der Waals surface area contributed by atoms with Crippen molar-refractivity contribution in [2.75, 3.05) is 18.5 Å².